The summed E-state index contributed by atoms with van der Waals surface area (Å²) in [6, 6.07) is 11.7. The Morgan fingerprint density at radius 1 is 1.10 bits per heavy atom. The third-order valence-corrected chi connectivity index (χ3v) is 5.77. The Bertz CT molecular complexity index is 1110. The lowest BCUT2D eigenvalue weighted by Crippen LogP contribution is -2.38. The Kier molecular flexibility index (Phi) is 5.58. The molecule has 0 saturated carbocycles. The first-order valence-corrected chi connectivity index (χ1v) is 10.2. The SMILES string of the molecule is NCc1cc(N)nc2ccc(C(=O)N3CCCCC3c3ccc(C(F)(F)F)cc3)cc12. The van der Waals surface area contributed by atoms with Gasteiger partial charge in [-0.05, 0) is 66.8 Å². The van der Waals surface area contributed by atoms with E-state index in [2.05, 4.69) is 4.98 Å². The van der Waals surface area contributed by atoms with E-state index in [-0.39, 0.29) is 18.5 Å². The minimum atomic E-state index is -4.39. The van der Waals surface area contributed by atoms with Crippen LogP contribution >= 0.6 is 0 Å². The number of alkyl halides is 3. The highest BCUT2D eigenvalue weighted by atomic mass is 19.4. The highest BCUT2D eigenvalue weighted by Crippen LogP contribution is 2.35. The number of anilines is 1. The molecule has 1 atom stereocenters. The van der Waals surface area contributed by atoms with Gasteiger partial charge in [-0.1, -0.05) is 12.1 Å². The Morgan fingerprint density at radius 2 is 1.84 bits per heavy atom. The Labute approximate surface area is 177 Å². The highest BCUT2D eigenvalue weighted by Gasteiger charge is 2.32. The monoisotopic (exact) mass is 428 g/mol. The second-order valence-electron chi connectivity index (χ2n) is 7.77. The van der Waals surface area contributed by atoms with Gasteiger partial charge in [0.15, 0.2) is 0 Å². The molecule has 1 aliphatic heterocycles. The van der Waals surface area contributed by atoms with E-state index in [4.69, 9.17) is 11.5 Å². The maximum atomic E-state index is 13.4. The van der Waals surface area contributed by atoms with Gasteiger partial charge in [0.1, 0.15) is 5.82 Å². The van der Waals surface area contributed by atoms with Crippen LogP contribution in [0, 0.1) is 0 Å². The van der Waals surface area contributed by atoms with Gasteiger partial charge in [-0.25, -0.2) is 4.98 Å². The van der Waals surface area contributed by atoms with Gasteiger partial charge >= 0.3 is 6.18 Å². The first kappa shape index (κ1) is 21.1. The zero-order valence-corrected chi connectivity index (χ0v) is 16.8. The molecule has 4 N–H and O–H groups in total. The number of likely N-dealkylation sites (tertiary alicyclic amines) is 1. The van der Waals surface area contributed by atoms with Crippen molar-refractivity contribution in [2.45, 2.75) is 38.0 Å². The number of aromatic nitrogens is 1. The number of nitrogens with two attached hydrogens (primary N) is 2. The quantitative estimate of drug-likeness (QED) is 0.635. The van der Waals surface area contributed by atoms with Gasteiger partial charge in [-0.3, -0.25) is 4.79 Å². The summed E-state index contributed by atoms with van der Waals surface area (Å²) in [5.74, 6) is 0.205. The highest BCUT2D eigenvalue weighted by molar-refractivity contribution is 5.99. The third kappa shape index (κ3) is 4.20. The van der Waals surface area contributed by atoms with Crippen molar-refractivity contribution >= 4 is 22.6 Å². The van der Waals surface area contributed by atoms with Crippen molar-refractivity contribution < 1.29 is 18.0 Å². The number of rotatable bonds is 3. The summed E-state index contributed by atoms with van der Waals surface area (Å²) >= 11 is 0. The van der Waals surface area contributed by atoms with E-state index in [0.29, 0.717) is 35.4 Å². The maximum absolute atomic E-state index is 13.4. The number of nitrogens with zero attached hydrogens (tertiary/aromatic N) is 2. The second-order valence-corrected chi connectivity index (χ2v) is 7.77. The normalized spacial score (nSPS) is 17.2. The number of benzene rings is 2. The largest absolute Gasteiger partial charge is 0.416 e. The molecule has 0 bridgehead atoms. The summed E-state index contributed by atoms with van der Waals surface area (Å²) in [6.07, 6.45) is -1.92. The van der Waals surface area contributed by atoms with Crippen molar-refractivity contribution in [2.24, 2.45) is 5.73 Å². The fourth-order valence-corrected chi connectivity index (χ4v) is 4.20. The zero-order valence-electron chi connectivity index (χ0n) is 16.8. The zero-order chi connectivity index (χ0) is 22.2. The molecule has 1 unspecified atom stereocenters. The molecule has 0 radical (unpaired) electrons. The molecular weight excluding hydrogens is 405 g/mol. The van der Waals surface area contributed by atoms with Gasteiger partial charge in [0, 0.05) is 24.0 Å². The molecule has 1 aliphatic rings. The van der Waals surface area contributed by atoms with Crippen molar-refractivity contribution in [3.05, 3.63) is 70.8 Å². The molecule has 4 rings (SSSR count). The van der Waals surface area contributed by atoms with E-state index < -0.39 is 11.7 Å². The topological polar surface area (TPSA) is 85.2 Å². The van der Waals surface area contributed by atoms with Crippen LogP contribution in [0.2, 0.25) is 0 Å². The Morgan fingerprint density at radius 3 is 2.52 bits per heavy atom. The summed E-state index contributed by atoms with van der Waals surface area (Å²) in [5, 5.41) is 0.769. The standard InChI is InChI=1S/C23H23F3N4O/c24-23(25,26)17-7-4-14(5-8-17)20-3-1-2-10-30(20)22(31)15-6-9-19-18(11-15)16(13-27)12-21(28)29-19/h4-9,11-12,20H,1-3,10,13,27H2,(H2,28,29). The Hall–Kier alpha value is -3.13. The average molecular weight is 428 g/mol. The molecule has 3 aromatic rings. The molecule has 1 saturated heterocycles. The van der Waals surface area contributed by atoms with E-state index >= 15 is 0 Å². The van der Waals surface area contributed by atoms with Gasteiger partial charge in [0.2, 0.25) is 0 Å². The first-order chi connectivity index (χ1) is 14.8. The molecule has 1 aromatic heterocycles. The van der Waals surface area contributed by atoms with E-state index in [1.165, 1.54) is 12.1 Å². The summed E-state index contributed by atoms with van der Waals surface area (Å²) < 4.78 is 38.7. The van der Waals surface area contributed by atoms with Crippen molar-refractivity contribution in [3.63, 3.8) is 0 Å². The lowest BCUT2D eigenvalue weighted by molar-refractivity contribution is -0.137. The molecule has 0 aliphatic carbocycles. The van der Waals surface area contributed by atoms with Crippen LogP contribution in [0.4, 0.5) is 19.0 Å². The van der Waals surface area contributed by atoms with Crippen LogP contribution in [-0.2, 0) is 12.7 Å². The third-order valence-electron chi connectivity index (χ3n) is 5.77. The molecule has 1 fully saturated rings. The summed E-state index contributed by atoms with van der Waals surface area (Å²) in [4.78, 5) is 19.4. The van der Waals surface area contributed by atoms with Crippen LogP contribution in [0.5, 0.6) is 0 Å². The predicted molar refractivity (Wildman–Crippen MR) is 113 cm³/mol. The number of nitrogen functional groups attached to an aromatic ring is 1. The van der Waals surface area contributed by atoms with Gasteiger partial charge in [-0.2, -0.15) is 13.2 Å². The number of piperidine rings is 1. The first-order valence-electron chi connectivity index (χ1n) is 10.2. The van der Waals surface area contributed by atoms with Crippen molar-refractivity contribution in [1.82, 2.24) is 9.88 Å². The van der Waals surface area contributed by atoms with Gasteiger partial charge in [0.25, 0.3) is 5.91 Å². The molecular formula is C23H23F3N4O. The minimum Gasteiger partial charge on any atom is -0.384 e. The number of hydrogen-bond acceptors (Lipinski definition) is 4. The van der Waals surface area contributed by atoms with Gasteiger partial charge in [-0.15, -0.1) is 0 Å². The van der Waals surface area contributed by atoms with Crippen molar-refractivity contribution in [2.75, 3.05) is 12.3 Å². The van der Waals surface area contributed by atoms with Gasteiger partial charge < -0.3 is 16.4 Å². The number of halogens is 3. The summed E-state index contributed by atoms with van der Waals surface area (Å²) in [7, 11) is 0. The molecule has 2 aromatic carbocycles. The summed E-state index contributed by atoms with van der Waals surface area (Å²) in [6.45, 7) is 0.811. The molecule has 0 spiro atoms. The molecule has 162 valence electrons. The lowest BCUT2D eigenvalue weighted by Gasteiger charge is -2.36. The van der Waals surface area contributed by atoms with Crippen LogP contribution in [0.3, 0.4) is 0 Å². The maximum Gasteiger partial charge on any atom is 0.416 e. The molecule has 31 heavy (non-hydrogen) atoms. The lowest BCUT2D eigenvalue weighted by atomic mass is 9.93. The van der Waals surface area contributed by atoms with Crippen molar-refractivity contribution in [3.8, 4) is 0 Å². The van der Waals surface area contributed by atoms with Crippen LogP contribution in [0.25, 0.3) is 10.9 Å². The fourth-order valence-electron chi connectivity index (χ4n) is 4.20. The molecule has 5 nitrogen and oxygen atoms in total. The molecule has 8 heteroatoms. The van der Waals surface area contributed by atoms with E-state index in [1.54, 1.807) is 29.2 Å². The second kappa shape index (κ2) is 8.19. The van der Waals surface area contributed by atoms with E-state index in [9.17, 15) is 18.0 Å². The van der Waals surface area contributed by atoms with Gasteiger partial charge in [0.05, 0.1) is 17.1 Å². The van der Waals surface area contributed by atoms with Crippen LogP contribution in [-0.4, -0.2) is 22.3 Å². The number of fused-ring (bicyclic) bond motifs is 1. The van der Waals surface area contributed by atoms with E-state index in [0.717, 1.165) is 35.9 Å². The summed E-state index contributed by atoms with van der Waals surface area (Å²) in [5.41, 5.74) is 13.6. The smallest absolute Gasteiger partial charge is 0.384 e. The predicted octanol–water partition coefficient (Wildman–Crippen LogP) is 4.66. The number of carbonyl (C=O) groups is 1. The number of hydrogen-bond donors (Lipinski definition) is 2. The number of carbonyl (C=O) groups excluding carboxylic acids is 1. The number of pyridine rings is 1. The molecule has 1 amide bonds. The molecule has 2 heterocycles. The van der Waals surface area contributed by atoms with Crippen molar-refractivity contribution in [1.29, 1.82) is 0 Å². The average Bonchev–Trinajstić information content (AvgIpc) is 2.77. The minimum absolute atomic E-state index is 0.161. The van der Waals surface area contributed by atoms with Crippen LogP contribution in [0.1, 0.15) is 52.4 Å². The van der Waals surface area contributed by atoms with Crippen LogP contribution in [0.15, 0.2) is 48.5 Å². The number of amides is 1. The Balaban J connectivity index is 1.67. The van der Waals surface area contributed by atoms with E-state index in [1.807, 2.05) is 0 Å². The fraction of sp³-hybridized carbons (Fsp3) is 0.304. The van der Waals surface area contributed by atoms with Crippen LogP contribution < -0.4 is 11.5 Å².